The van der Waals surface area contributed by atoms with Crippen LogP contribution in [0.5, 0.6) is 0 Å². The number of hydrogen-bond acceptors (Lipinski definition) is 5. The molecule has 1 aliphatic heterocycles. The topological polar surface area (TPSA) is 116 Å². The van der Waals surface area contributed by atoms with Gasteiger partial charge in [0, 0.05) is 58.0 Å². The van der Waals surface area contributed by atoms with Gasteiger partial charge in [0.1, 0.15) is 0 Å². The van der Waals surface area contributed by atoms with Crippen LogP contribution < -0.4 is 10.6 Å². The van der Waals surface area contributed by atoms with E-state index in [4.69, 9.17) is 0 Å². The van der Waals surface area contributed by atoms with Crippen LogP contribution in [0.4, 0.5) is 0 Å². The van der Waals surface area contributed by atoms with E-state index in [-0.39, 0.29) is 62.7 Å². The van der Waals surface area contributed by atoms with Gasteiger partial charge in [-0.2, -0.15) is 4.31 Å². The molecule has 0 aromatic heterocycles. The summed E-state index contributed by atoms with van der Waals surface area (Å²) in [7, 11) is -3.62. The van der Waals surface area contributed by atoms with Gasteiger partial charge in [0.15, 0.2) is 0 Å². The molecule has 0 bridgehead atoms. The number of nitrogens with one attached hydrogen (secondary N) is 2. The van der Waals surface area contributed by atoms with Crippen molar-refractivity contribution >= 4 is 27.7 Å². The summed E-state index contributed by atoms with van der Waals surface area (Å²) in [6, 6.07) is 5.45. The zero-order valence-electron chi connectivity index (χ0n) is 20.0. The van der Waals surface area contributed by atoms with Crippen molar-refractivity contribution in [2.45, 2.75) is 64.3 Å². The summed E-state index contributed by atoms with van der Waals surface area (Å²) in [5.74, 6) is -0.575. The van der Waals surface area contributed by atoms with Gasteiger partial charge >= 0.3 is 0 Å². The molecule has 9 nitrogen and oxygen atoms in total. The summed E-state index contributed by atoms with van der Waals surface area (Å²) in [5.41, 5.74) is 1.57. The monoisotopic (exact) mass is 480 g/mol. The summed E-state index contributed by atoms with van der Waals surface area (Å²) in [6.45, 7) is 8.78. The molecule has 2 rings (SSSR count). The van der Waals surface area contributed by atoms with Crippen molar-refractivity contribution in [1.82, 2.24) is 19.8 Å². The fourth-order valence-electron chi connectivity index (χ4n) is 3.53. The van der Waals surface area contributed by atoms with E-state index >= 15 is 0 Å². The van der Waals surface area contributed by atoms with Crippen molar-refractivity contribution < 1.29 is 22.8 Å². The Morgan fingerprint density at radius 3 is 2.30 bits per heavy atom. The van der Waals surface area contributed by atoms with Gasteiger partial charge in [0.2, 0.25) is 27.7 Å². The second kappa shape index (κ2) is 12.1. The molecule has 3 amide bonds. The van der Waals surface area contributed by atoms with E-state index in [2.05, 4.69) is 10.6 Å². The average molecular weight is 481 g/mol. The first kappa shape index (κ1) is 26.8. The van der Waals surface area contributed by atoms with Crippen molar-refractivity contribution in [2.24, 2.45) is 0 Å². The summed E-state index contributed by atoms with van der Waals surface area (Å²) in [5, 5.41) is 5.49. The highest BCUT2D eigenvalue weighted by atomic mass is 32.2. The third-order valence-electron chi connectivity index (χ3n) is 5.81. The molecule has 0 radical (unpaired) electrons. The number of benzene rings is 1. The minimum absolute atomic E-state index is 0.0345. The second-order valence-electron chi connectivity index (χ2n) is 8.53. The van der Waals surface area contributed by atoms with Gasteiger partial charge in [0.25, 0.3) is 0 Å². The Morgan fingerprint density at radius 2 is 1.67 bits per heavy atom. The third-order valence-corrected chi connectivity index (χ3v) is 7.85. The average Bonchev–Trinajstić information content (AvgIpc) is 2.78. The van der Waals surface area contributed by atoms with Crippen LogP contribution in [0.1, 0.15) is 50.7 Å². The van der Waals surface area contributed by atoms with Gasteiger partial charge in [-0.15, -0.1) is 0 Å². The normalized spacial score (nSPS) is 15.7. The predicted octanol–water partition coefficient (Wildman–Crippen LogP) is 1.34. The van der Waals surface area contributed by atoms with Gasteiger partial charge in [0.05, 0.1) is 4.90 Å². The van der Waals surface area contributed by atoms with E-state index in [0.29, 0.717) is 23.5 Å². The number of carbonyl (C=O) groups excluding carboxylic acids is 3. The maximum atomic E-state index is 13.0. The minimum Gasteiger partial charge on any atom is -0.356 e. The summed E-state index contributed by atoms with van der Waals surface area (Å²) < 4.78 is 27.4. The van der Waals surface area contributed by atoms with Crippen LogP contribution in [0.15, 0.2) is 23.1 Å². The Hall–Kier alpha value is -2.46. The zero-order valence-corrected chi connectivity index (χ0v) is 20.8. The van der Waals surface area contributed by atoms with Crippen LogP contribution in [-0.2, 0) is 24.4 Å². The quantitative estimate of drug-likeness (QED) is 0.524. The lowest BCUT2D eigenvalue weighted by Crippen LogP contribution is -2.50. The largest absolute Gasteiger partial charge is 0.356 e. The van der Waals surface area contributed by atoms with E-state index in [0.717, 1.165) is 12.0 Å². The van der Waals surface area contributed by atoms with Crippen molar-refractivity contribution in [3.05, 3.63) is 29.3 Å². The summed E-state index contributed by atoms with van der Waals surface area (Å²) >= 11 is 0. The molecule has 184 valence electrons. The Morgan fingerprint density at radius 1 is 1.00 bits per heavy atom. The lowest BCUT2D eigenvalue weighted by molar-refractivity contribution is -0.134. The molecule has 0 spiro atoms. The SMILES string of the molecule is CCC(C)NC(=O)CCNC(=O)CCC(=O)N1CCN(S(=O)(=O)c2cc(C)ccc2C)CC1. The number of piperazine rings is 1. The van der Waals surface area contributed by atoms with Gasteiger partial charge in [-0.25, -0.2) is 8.42 Å². The van der Waals surface area contributed by atoms with Crippen molar-refractivity contribution in [1.29, 1.82) is 0 Å². The number of amides is 3. The molecule has 1 heterocycles. The lowest BCUT2D eigenvalue weighted by Gasteiger charge is -2.34. The van der Waals surface area contributed by atoms with E-state index in [9.17, 15) is 22.8 Å². The summed E-state index contributed by atoms with van der Waals surface area (Å²) in [4.78, 5) is 38.1. The molecule has 2 N–H and O–H groups in total. The number of sulfonamides is 1. The lowest BCUT2D eigenvalue weighted by atomic mass is 10.2. The standard InChI is InChI=1S/C23H36N4O5S/c1-5-19(4)25-22(29)10-11-24-21(28)8-9-23(30)26-12-14-27(15-13-26)33(31,32)20-16-17(2)6-7-18(20)3/h6-7,16,19H,5,8-15H2,1-4H3,(H,24,28)(H,25,29). The Kier molecular flexibility index (Phi) is 9.85. The number of aryl methyl sites for hydroxylation is 2. The van der Waals surface area contributed by atoms with Crippen LogP contribution in [0.25, 0.3) is 0 Å². The molecule has 1 fully saturated rings. The molecule has 1 unspecified atom stereocenters. The maximum absolute atomic E-state index is 13.0. The Labute approximate surface area is 196 Å². The summed E-state index contributed by atoms with van der Waals surface area (Å²) in [6.07, 6.45) is 1.12. The van der Waals surface area contributed by atoms with Gasteiger partial charge < -0.3 is 15.5 Å². The smallest absolute Gasteiger partial charge is 0.243 e. The first-order chi connectivity index (χ1) is 15.5. The zero-order chi connectivity index (χ0) is 24.6. The highest BCUT2D eigenvalue weighted by Crippen LogP contribution is 2.22. The van der Waals surface area contributed by atoms with E-state index in [1.807, 2.05) is 26.8 Å². The molecule has 10 heteroatoms. The van der Waals surface area contributed by atoms with Gasteiger partial charge in [-0.1, -0.05) is 19.1 Å². The first-order valence-electron chi connectivity index (χ1n) is 11.5. The molecule has 1 aliphatic rings. The Balaban J connectivity index is 1.75. The molecule has 1 aromatic rings. The van der Waals surface area contributed by atoms with Crippen molar-refractivity contribution in [3.63, 3.8) is 0 Å². The van der Waals surface area contributed by atoms with Crippen molar-refractivity contribution in [2.75, 3.05) is 32.7 Å². The molecule has 1 aromatic carbocycles. The first-order valence-corrected chi connectivity index (χ1v) is 12.9. The van der Waals surface area contributed by atoms with Crippen LogP contribution >= 0.6 is 0 Å². The molecule has 1 atom stereocenters. The molecule has 0 aliphatic carbocycles. The number of nitrogens with zero attached hydrogens (tertiary/aromatic N) is 2. The molecule has 1 saturated heterocycles. The molecular weight excluding hydrogens is 444 g/mol. The number of rotatable bonds is 10. The van der Waals surface area contributed by atoms with Crippen LogP contribution in [0.3, 0.4) is 0 Å². The van der Waals surface area contributed by atoms with E-state index in [1.54, 1.807) is 24.0 Å². The predicted molar refractivity (Wildman–Crippen MR) is 126 cm³/mol. The fraction of sp³-hybridized carbons (Fsp3) is 0.609. The highest BCUT2D eigenvalue weighted by molar-refractivity contribution is 7.89. The van der Waals surface area contributed by atoms with Gasteiger partial charge in [-0.3, -0.25) is 14.4 Å². The minimum atomic E-state index is -3.62. The third kappa shape index (κ3) is 7.82. The van der Waals surface area contributed by atoms with Crippen LogP contribution in [0, 0.1) is 13.8 Å². The van der Waals surface area contributed by atoms with Gasteiger partial charge in [-0.05, 0) is 44.4 Å². The van der Waals surface area contributed by atoms with E-state index < -0.39 is 10.0 Å². The fourth-order valence-corrected chi connectivity index (χ4v) is 5.27. The number of hydrogen-bond donors (Lipinski definition) is 2. The number of carbonyl (C=O) groups is 3. The highest BCUT2D eigenvalue weighted by Gasteiger charge is 2.31. The molecular formula is C23H36N4O5S. The molecule has 33 heavy (non-hydrogen) atoms. The maximum Gasteiger partial charge on any atom is 0.243 e. The van der Waals surface area contributed by atoms with Crippen LogP contribution in [-0.4, -0.2) is 74.1 Å². The van der Waals surface area contributed by atoms with E-state index in [1.165, 1.54) is 4.31 Å². The second-order valence-corrected chi connectivity index (χ2v) is 10.4. The Bertz CT molecular complexity index is 956. The molecule has 0 saturated carbocycles. The van der Waals surface area contributed by atoms with Crippen LogP contribution in [0.2, 0.25) is 0 Å². The van der Waals surface area contributed by atoms with Crippen molar-refractivity contribution in [3.8, 4) is 0 Å².